The average molecular weight is 457 g/mol. The molecule has 0 saturated carbocycles. The van der Waals surface area contributed by atoms with Crippen molar-refractivity contribution in [3.63, 3.8) is 0 Å². The number of nitrogens with one attached hydrogen (secondary N) is 2. The van der Waals surface area contributed by atoms with Crippen LogP contribution >= 0.6 is 11.3 Å². The van der Waals surface area contributed by atoms with E-state index in [2.05, 4.69) is 42.3 Å². The number of aryl methyl sites for hydroxylation is 1. The molecule has 0 aliphatic carbocycles. The van der Waals surface area contributed by atoms with Crippen molar-refractivity contribution < 1.29 is 9.18 Å². The highest BCUT2D eigenvalue weighted by Gasteiger charge is 2.18. The Morgan fingerprint density at radius 2 is 2.00 bits per heavy atom. The molecule has 32 heavy (non-hydrogen) atoms. The highest BCUT2D eigenvalue weighted by Crippen LogP contribution is 2.26. The van der Waals surface area contributed by atoms with Gasteiger partial charge >= 0.3 is 0 Å². The molecule has 1 aliphatic heterocycles. The normalized spacial score (nSPS) is 14.4. The zero-order valence-corrected chi connectivity index (χ0v) is 18.7. The number of thiazole rings is 1. The summed E-state index contributed by atoms with van der Waals surface area (Å²) in [7, 11) is 0. The molecule has 1 aliphatic rings. The van der Waals surface area contributed by atoms with Crippen LogP contribution in [-0.4, -0.2) is 58.5 Å². The van der Waals surface area contributed by atoms with Crippen molar-refractivity contribution in [1.29, 1.82) is 0 Å². The fourth-order valence-corrected chi connectivity index (χ4v) is 4.17. The van der Waals surface area contributed by atoms with Gasteiger partial charge in [-0.3, -0.25) is 4.79 Å². The van der Waals surface area contributed by atoms with Crippen LogP contribution in [0, 0.1) is 12.7 Å². The van der Waals surface area contributed by atoms with Crippen LogP contribution < -0.4 is 21.3 Å². The predicted octanol–water partition coefficient (Wildman–Crippen LogP) is 3.10. The first-order valence-corrected chi connectivity index (χ1v) is 11.1. The van der Waals surface area contributed by atoms with Crippen LogP contribution in [0.2, 0.25) is 0 Å². The van der Waals surface area contributed by atoms with E-state index in [-0.39, 0.29) is 11.6 Å². The number of rotatable bonds is 6. The molecule has 0 bridgehead atoms. The number of halogens is 1. The summed E-state index contributed by atoms with van der Waals surface area (Å²) in [4.78, 5) is 30.9. The van der Waals surface area contributed by atoms with Crippen molar-refractivity contribution in [2.45, 2.75) is 13.8 Å². The van der Waals surface area contributed by atoms with Crippen molar-refractivity contribution >= 4 is 45.4 Å². The Hall–Kier alpha value is -3.31. The number of hydrogen-bond acceptors (Lipinski definition) is 9. The molecule has 2 aromatic heterocycles. The predicted molar refractivity (Wildman–Crippen MR) is 125 cm³/mol. The highest BCUT2D eigenvalue weighted by atomic mass is 32.1. The van der Waals surface area contributed by atoms with Gasteiger partial charge in [-0.15, -0.1) is 0 Å². The minimum Gasteiger partial charge on any atom is -0.397 e. The summed E-state index contributed by atoms with van der Waals surface area (Å²) in [5.41, 5.74) is 6.26. The summed E-state index contributed by atoms with van der Waals surface area (Å²) in [6.07, 6.45) is 1.47. The highest BCUT2D eigenvalue weighted by molar-refractivity contribution is 7.17. The van der Waals surface area contributed by atoms with E-state index in [9.17, 15) is 9.18 Å². The molecule has 11 heteroatoms. The van der Waals surface area contributed by atoms with Gasteiger partial charge in [-0.2, -0.15) is 0 Å². The van der Waals surface area contributed by atoms with Crippen molar-refractivity contribution in [2.75, 3.05) is 54.0 Å². The number of aromatic nitrogens is 3. The third-order valence-corrected chi connectivity index (χ3v) is 6.11. The fourth-order valence-electron chi connectivity index (χ4n) is 3.45. The van der Waals surface area contributed by atoms with Crippen LogP contribution in [0.25, 0.3) is 0 Å². The molecule has 1 aromatic carbocycles. The molecule has 3 aromatic rings. The topological polar surface area (TPSA) is 112 Å². The van der Waals surface area contributed by atoms with Crippen LogP contribution in [0.5, 0.6) is 0 Å². The number of amides is 1. The van der Waals surface area contributed by atoms with Gasteiger partial charge in [0, 0.05) is 32.2 Å². The molecule has 1 fully saturated rings. The van der Waals surface area contributed by atoms with E-state index in [0.717, 1.165) is 44.6 Å². The zero-order chi connectivity index (χ0) is 22.7. The van der Waals surface area contributed by atoms with Gasteiger partial charge in [-0.1, -0.05) is 18.3 Å². The Morgan fingerprint density at radius 1 is 1.22 bits per heavy atom. The number of piperazine rings is 1. The lowest BCUT2D eigenvalue weighted by molar-refractivity contribution is 0.103. The lowest BCUT2D eigenvalue weighted by atomic mass is 10.2. The number of nitrogens with zero attached hydrogens (tertiary/aromatic N) is 5. The Kier molecular flexibility index (Phi) is 6.47. The Bertz CT molecular complexity index is 1110. The Balaban J connectivity index is 1.44. The average Bonchev–Trinajstić information content (AvgIpc) is 3.24. The summed E-state index contributed by atoms with van der Waals surface area (Å²) in [6.45, 7) is 8.92. The minimum absolute atomic E-state index is 0.157. The lowest BCUT2D eigenvalue weighted by Crippen LogP contribution is -2.46. The molecule has 4 rings (SSSR count). The molecule has 168 valence electrons. The smallest absolute Gasteiger partial charge is 0.267 e. The van der Waals surface area contributed by atoms with Crippen molar-refractivity contribution in [2.24, 2.45) is 0 Å². The quantitative estimate of drug-likeness (QED) is 0.485. The molecule has 1 saturated heterocycles. The number of nitrogens with two attached hydrogens (primary N) is 1. The molecule has 0 spiro atoms. The summed E-state index contributed by atoms with van der Waals surface area (Å²) >= 11 is 1.18. The first kappa shape index (κ1) is 21.9. The molecular formula is C21H25FN8OS. The Labute approximate surface area is 189 Å². The molecule has 1 amide bonds. The second kappa shape index (κ2) is 9.45. The number of likely N-dealkylation sites (N-methyl/N-ethyl adjacent to an activating group) is 1. The molecule has 0 unspecified atom stereocenters. The first-order valence-electron chi connectivity index (χ1n) is 10.3. The van der Waals surface area contributed by atoms with Crippen LogP contribution in [0.15, 0.2) is 30.5 Å². The first-order chi connectivity index (χ1) is 15.4. The van der Waals surface area contributed by atoms with E-state index in [1.54, 1.807) is 0 Å². The zero-order valence-electron chi connectivity index (χ0n) is 17.9. The minimum atomic E-state index is -0.462. The van der Waals surface area contributed by atoms with Gasteiger partial charge in [0.25, 0.3) is 5.91 Å². The summed E-state index contributed by atoms with van der Waals surface area (Å²) in [5.74, 6) is 1.31. The van der Waals surface area contributed by atoms with E-state index in [1.165, 1.54) is 29.7 Å². The van der Waals surface area contributed by atoms with Crippen LogP contribution in [-0.2, 0) is 0 Å². The lowest BCUT2D eigenvalue weighted by Gasteiger charge is -2.34. The standard InChI is InChI=1S/C21H25FN8OS/c1-3-29-6-8-30(9-7-29)19-11-18(25-13(2)26-19)28-21-24-12-17(32-21)20(31)27-16-5-4-14(22)10-15(16)23/h4-5,10-12H,3,6-9,23H2,1-2H3,(H,27,31)(H,24,25,26,28). The van der Waals surface area contributed by atoms with Crippen LogP contribution in [0.4, 0.5) is 32.5 Å². The van der Waals surface area contributed by atoms with E-state index in [0.29, 0.717) is 27.3 Å². The van der Waals surface area contributed by atoms with Crippen LogP contribution in [0.1, 0.15) is 22.4 Å². The van der Waals surface area contributed by atoms with Crippen molar-refractivity contribution in [3.8, 4) is 0 Å². The summed E-state index contributed by atoms with van der Waals surface area (Å²) in [5, 5.41) is 6.37. The summed E-state index contributed by atoms with van der Waals surface area (Å²) in [6, 6.07) is 5.72. The van der Waals surface area contributed by atoms with E-state index in [4.69, 9.17) is 5.73 Å². The number of carbonyl (C=O) groups excluding carboxylic acids is 1. The number of nitrogen functional groups attached to an aromatic ring is 1. The fraction of sp³-hybridized carbons (Fsp3) is 0.333. The second-order valence-electron chi connectivity index (χ2n) is 7.42. The number of hydrogen-bond donors (Lipinski definition) is 3. The third-order valence-electron chi connectivity index (χ3n) is 5.19. The second-order valence-corrected chi connectivity index (χ2v) is 8.45. The monoisotopic (exact) mass is 456 g/mol. The molecule has 3 heterocycles. The van der Waals surface area contributed by atoms with Crippen LogP contribution in [0.3, 0.4) is 0 Å². The van der Waals surface area contributed by atoms with Gasteiger partial charge < -0.3 is 26.2 Å². The number of carbonyl (C=O) groups is 1. The largest absolute Gasteiger partial charge is 0.397 e. The van der Waals surface area contributed by atoms with Gasteiger partial charge in [0.05, 0.1) is 17.6 Å². The maximum atomic E-state index is 13.2. The molecule has 4 N–H and O–H groups in total. The maximum Gasteiger partial charge on any atom is 0.267 e. The van der Waals surface area contributed by atoms with Gasteiger partial charge in [0.1, 0.15) is 28.2 Å². The molecule has 0 radical (unpaired) electrons. The SMILES string of the molecule is CCN1CCN(c2cc(Nc3ncc(C(=O)Nc4ccc(F)cc4N)s3)nc(C)n2)CC1. The van der Waals surface area contributed by atoms with E-state index < -0.39 is 5.82 Å². The molecule has 9 nitrogen and oxygen atoms in total. The number of anilines is 5. The Morgan fingerprint density at radius 3 is 2.72 bits per heavy atom. The van der Waals surface area contributed by atoms with Gasteiger partial charge in [0.2, 0.25) is 0 Å². The molecular weight excluding hydrogens is 431 g/mol. The molecule has 0 atom stereocenters. The van der Waals surface area contributed by atoms with Gasteiger partial charge in [0.15, 0.2) is 5.13 Å². The maximum absolute atomic E-state index is 13.2. The van der Waals surface area contributed by atoms with E-state index in [1.807, 2.05) is 13.0 Å². The van der Waals surface area contributed by atoms with Crippen molar-refractivity contribution in [1.82, 2.24) is 19.9 Å². The van der Waals surface area contributed by atoms with Crippen molar-refractivity contribution in [3.05, 3.63) is 47.0 Å². The van der Waals surface area contributed by atoms with Gasteiger partial charge in [-0.05, 0) is 31.7 Å². The van der Waals surface area contributed by atoms with Gasteiger partial charge in [-0.25, -0.2) is 19.3 Å². The number of benzene rings is 1. The van der Waals surface area contributed by atoms with E-state index >= 15 is 0 Å². The third kappa shape index (κ3) is 5.11. The summed E-state index contributed by atoms with van der Waals surface area (Å²) < 4.78 is 13.2.